The normalized spacial score (nSPS) is 10.9. The van der Waals surface area contributed by atoms with E-state index in [4.69, 9.17) is 28.9 Å². The minimum absolute atomic E-state index is 0.470. The van der Waals surface area contributed by atoms with E-state index < -0.39 is 0 Å². The Morgan fingerprint density at radius 1 is 1.33 bits per heavy atom. The fourth-order valence-corrected chi connectivity index (χ4v) is 1.98. The maximum absolute atomic E-state index is 6.09. The number of aromatic nitrogens is 1. The number of nitrogens with zero attached hydrogens (tertiary/aromatic N) is 1. The molecular weight excluding hydrogens is 231 g/mol. The number of rotatable bonds is 1. The second-order valence-electron chi connectivity index (χ2n) is 3.38. The molecular formula is C11H10Cl2N2. The highest BCUT2D eigenvalue weighted by atomic mass is 35.5. The maximum atomic E-state index is 6.09. The number of fused-ring (bicyclic) bond motifs is 1. The molecule has 0 aliphatic heterocycles. The third kappa shape index (κ3) is 1.81. The lowest BCUT2D eigenvalue weighted by molar-refractivity contribution is 1.07. The lowest BCUT2D eigenvalue weighted by Gasteiger charge is -2.07. The summed E-state index contributed by atoms with van der Waals surface area (Å²) >= 11 is 12.0. The van der Waals surface area contributed by atoms with Crippen molar-refractivity contribution in [1.82, 2.24) is 4.98 Å². The standard InChI is InChI=1S/C11H10Cl2N2/c1-6-4-7(5-14)8-2-3-9(12)10(13)11(8)15-6/h2-4H,5,14H2,1H3. The van der Waals surface area contributed by atoms with E-state index in [1.165, 1.54) is 0 Å². The molecule has 1 aromatic carbocycles. The second-order valence-corrected chi connectivity index (χ2v) is 4.17. The van der Waals surface area contributed by atoms with Crippen LogP contribution in [-0.4, -0.2) is 4.98 Å². The van der Waals surface area contributed by atoms with Gasteiger partial charge < -0.3 is 5.73 Å². The largest absolute Gasteiger partial charge is 0.326 e. The molecule has 0 radical (unpaired) electrons. The lowest BCUT2D eigenvalue weighted by Crippen LogP contribution is -1.99. The van der Waals surface area contributed by atoms with Gasteiger partial charge in [0.05, 0.1) is 15.6 Å². The van der Waals surface area contributed by atoms with Gasteiger partial charge in [0.2, 0.25) is 0 Å². The number of hydrogen-bond donors (Lipinski definition) is 1. The molecule has 2 rings (SSSR count). The molecule has 0 amide bonds. The molecule has 15 heavy (non-hydrogen) atoms. The zero-order valence-corrected chi connectivity index (χ0v) is 9.73. The Labute approximate surface area is 98.0 Å². The third-order valence-electron chi connectivity index (χ3n) is 2.31. The molecule has 0 atom stereocenters. The highest BCUT2D eigenvalue weighted by Gasteiger charge is 2.08. The molecule has 0 unspecified atom stereocenters. The Balaban J connectivity index is 2.89. The van der Waals surface area contributed by atoms with Crippen LogP contribution in [0.5, 0.6) is 0 Å². The van der Waals surface area contributed by atoms with Gasteiger partial charge in [-0.2, -0.15) is 0 Å². The van der Waals surface area contributed by atoms with Crippen molar-refractivity contribution in [3.8, 4) is 0 Å². The average Bonchev–Trinajstić information content (AvgIpc) is 2.23. The van der Waals surface area contributed by atoms with E-state index in [2.05, 4.69) is 4.98 Å². The zero-order chi connectivity index (χ0) is 11.0. The van der Waals surface area contributed by atoms with Crippen LogP contribution in [-0.2, 0) is 6.54 Å². The first-order valence-electron chi connectivity index (χ1n) is 4.58. The summed E-state index contributed by atoms with van der Waals surface area (Å²) in [4.78, 5) is 4.37. The lowest BCUT2D eigenvalue weighted by atomic mass is 10.1. The maximum Gasteiger partial charge on any atom is 0.0909 e. The summed E-state index contributed by atoms with van der Waals surface area (Å²) in [6.07, 6.45) is 0. The predicted molar refractivity (Wildman–Crippen MR) is 64.4 cm³/mol. The fourth-order valence-electron chi connectivity index (χ4n) is 1.62. The number of aryl methyl sites for hydroxylation is 1. The van der Waals surface area contributed by atoms with E-state index in [-0.39, 0.29) is 0 Å². The summed E-state index contributed by atoms with van der Waals surface area (Å²) in [5, 5.41) is 1.98. The van der Waals surface area contributed by atoms with Crippen molar-refractivity contribution in [3.63, 3.8) is 0 Å². The fraction of sp³-hybridized carbons (Fsp3) is 0.182. The molecule has 1 aromatic heterocycles. The highest BCUT2D eigenvalue weighted by Crippen LogP contribution is 2.31. The van der Waals surface area contributed by atoms with Crippen LogP contribution in [0.2, 0.25) is 10.0 Å². The van der Waals surface area contributed by atoms with Gasteiger partial charge in [-0.05, 0) is 24.6 Å². The molecule has 0 aliphatic carbocycles. The van der Waals surface area contributed by atoms with Gasteiger partial charge in [-0.3, -0.25) is 4.98 Å². The van der Waals surface area contributed by atoms with Crippen molar-refractivity contribution >= 4 is 34.1 Å². The van der Waals surface area contributed by atoms with E-state index in [1.807, 2.05) is 19.1 Å². The van der Waals surface area contributed by atoms with Crippen molar-refractivity contribution in [2.45, 2.75) is 13.5 Å². The summed E-state index contributed by atoms with van der Waals surface area (Å²) in [5.41, 5.74) is 8.33. The van der Waals surface area contributed by atoms with Crippen molar-refractivity contribution < 1.29 is 0 Å². The van der Waals surface area contributed by atoms with Crippen LogP contribution in [0.1, 0.15) is 11.3 Å². The summed E-state index contributed by atoms with van der Waals surface area (Å²) in [6, 6.07) is 5.63. The van der Waals surface area contributed by atoms with Gasteiger partial charge in [-0.25, -0.2) is 0 Å². The van der Waals surface area contributed by atoms with Crippen LogP contribution in [0.15, 0.2) is 18.2 Å². The Kier molecular flexibility index (Phi) is 2.83. The van der Waals surface area contributed by atoms with E-state index >= 15 is 0 Å². The average molecular weight is 241 g/mol. The van der Waals surface area contributed by atoms with E-state index in [9.17, 15) is 0 Å². The monoisotopic (exact) mass is 240 g/mol. The van der Waals surface area contributed by atoms with Crippen LogP contribution in [0.3, 0.4) is 0 Å². The third-order valence-corrected chi connectivity index (χ3v) is 3.10. The van der Waals surface area contributed by atoms with Gasteiger partial charge in [-0.1, -0.05) is 29.3 Å². The van der Waals surface area contributed by atoms with Gasteiger partial charge in [0.15, 0.2) is 0 Å². The molecule has 1 heterocycles. The zero-order valence-electron chi connectivity index (χ0n) is 8.22. The number of hydrogen-bond acceptors (Lipinski definition) is 2. The molecule has 78 valence electrons. The number of nitrogens with two attached hydrogens (primary N) is 1. The van der Waals surface area contributed by atoms with E-state index in [1.54, 1.807) is 6.07 Å². The Morgan fingerprint density at radius 2 is 2.07 bits per heavy atom. The van der Waals surface area contributed by atoms with Gasteiger partial charge in [0.25, 0.3) is 0 Å². The van der Waals surface area contributed by atoms with Crippen molar-refractivity contribution in [2.75, 3.05) is 0 Å². The first-order valence-corrected chi connectivity index (χ1v) is 5.33. The van der Waals surface area contributed by atoms with Crippen LogP contribution in [0, 0.1) is 6.92 Å². The summed E-state index contributed by atoms with van der Waals surface area (Å²) in [7, 11) is 0. The number of benzene rings is 1. The molecule has 2 nitrogen and oxygen atoms in total. The molecule has 0 saturated heterocycles. The van der Waals surface area contributed by atoms with E-state index in [0.29, 0.717) is 16.6 Å². The number of pyridine rings is 1. The Bertz CT molecular complexity index is 523. The Hall–Kier alpha value is -0.830. The molecule has 2 N–H and O–H groups in total. The molecule has 0 aliphatic rings. The van der Waals surface area contributed by atoms with Gasteiger partial charge in [0.1, 0.15) is 0 Å². The molecule has 2 aromatic rings. The van der Waals surface area contributed by atoms with Crippen LogP contribution >= 0.6 is 23.2 Å². The SMILES string of the molecule is Cc1cc(CN)c2ccc(Cl)c(Cl)c2n1. The van der Waals surface area contributed by atoms with Crippen molar-refractivity contribution in [3.05, 3.63) is 39.5 Å². The second kappa shape index (κ2) is 3.97. The Morgan fingerprint density at radius 3 is 2.73 bits per heavy atom. The first kappa shape index (κ1) is 10.7. The van der Waals surface area contributed by atoms with Gasteiger partial charge >= 0.3 is 0 Å². The van der Waals surface area contributed by atoms with Crippen LogP contribution < -0.4 is 5.73 Å². The van der Waals surface area contributed by atoms with Gasteiger partial charge in [-0.15, -0.1) is 0 Å². The van der Waals surface area contributed by atoms with Gasteiger partial charge in [0, 0.05) is 17.6 Å². The van der Waals surface area contributed by atoms with Crippen molar-refractivity contribution in [2.24, 2.45) is 5.73 Å². The highest BCUT2D eigenvalue weighted by molar-refractivity contribution is 6.45. The molecule has 0 spiro atoms. The minimum atomic E-state index is 0.470. The molecule has 4 heteroatoms. The van der Waals surface area contributed by atoms with Crippen LogP contribution in [0.25, 0.3) is 10.9 Å². The van der Waals surface area contributed by atoms with Crippen LogP contribution in [0.4, 0.5) is 0 Å². The van der Waals surface area contributed by atoms with Crippen molar-refractivity contribution in [1.29, 1.82) is 0 Å². The minimum Gasteiger partial charge on any atom is -0.326 e. The smallest absolute Gasteiger partial charge is 0.0909 e. The summed E-state index contributed by atoms with van der Waals surface area (Å²) < 4.78 is 0. The molecule has 0 saturated carbocycles. The summed E-state index contributed by atoms with van der Waals surface area (Å²) in [5.74, 6) is 0. The topological polar surface area (TPSA) is 38.9 Å². The molecule has 0 fully saturated rings. The quantitative estimate of drug-likeness (QED) is 0.831. The number of halogens is 2. The molecule has 0 bridgehead atoms. The first-order chi connectivity index (χ1) is 7.13. The predicted octanol–water partition coefficient (Wildman–Crippen LogP) is 3.31. The summed E-state index contributed by atoms with van der Waals surface area (Å²) in [6.45, 7) is 2.38. The van der Waals surface area contributed by atoms with E-state index in [0.717, 1.165) is 22.2 Å².